The number of ether oxygens (including phenoxy) is 3. The quantitative estimate of drug-likeness (QED) is 0.269. The van der Waals surface area contributed by atoms with E-state index in [9.17, 15) is 27.6 Å². The van der Waals surface area contributed by atoms with Gasteiger partial charge in [-0.2, -0.15) is 0 Å². The highest BCUT2D eigenvalue weighted by molar-refractivity contribution is 7.90. The Bertz CT molecular complexity index is 1940. The standard InChI is InChI=1S/C40H49N3O9S/c1-4-28-20-40(28,39(47)42-53(48,49)30-12-13-30)21-34(44)33-18-29-22-43(33)38(46)32(25-9-5-6-10-25)19-36(45)51-23-24(2)8-7-11-27-16-31-26(17-35(27)50-3)14-15-41-37(31)52-29/h4,7,11,14-17,24-25,28-30,32-33H,1,5-6,8-10,12-13,18-23H2,2-3H3,(H,42,47)/b11-7+/t24-,28-,29-,32+,33+,40-/m1/s1. The van der Waals surface area contributed by atoms with Gasteiger partial charge in [0.2, 0.25) is 27.7 Å². The lowest BCUT2D eigenvalue weighted by atomic mass is 9.86. The van der Waals surface area contributed by atoms with Gasteiger partial charge in [-0.05, 0) is 79.9 Å². The minimum absolute atomic E-state index is 0.0219. The van der Waals surface area contributed by atoms with Gasteiger partial charge in [0.05, 0.1) is 49.3 Å². The summed E-state index contributed by atoms with van der Waals surface area (Å²) in [5, 5.41) is 0.987. The monoisotopic (exact) mass is 747 g/mol. The number of aromatic nitrogens is 1. The van der Waals surface area contributed by atoms with Crippen molar-refractivity contribution in [2.45, 2.75) is 94.9 Å². The van der Waals surface area contributed by atoms with Gasteiger partial charge in [-0.1, -0.05) is 38.0 Å². The molecule has 6 atom stereocenters. The van der Waals surface area contributed by atoms with E-state index in [1.54, 1.807) is 19.4 Å². The van der Waals surface area contributed by atoms with Crippen LogP contribution in [0.15, 0.2) is 43.1 Å². The summed E-state index contributed by atoms with van der Waals surface area (Å²) in [7, 11) is -2.23. The van der Waals surface area contributed by atoms with E-state index in [-0.39, 0.29) is 68.3 Å². The van der Waals surface area contributed by atoms with Crippen molar-refractivity contribution >= 4 is 50.4 Å². The Labute approximate surface area is 310 Å². The van der Waals surface area contributed by atoms with E-state index in [0.29, 0.717) is 30.9 Å². The van der Waals surface area contributed by atoms with Crippen molar-refractivity contribution < 1.29 is 41.8 Å². The summed E-state index contributed by atoms with van der Waals surface area (Å²) in [6, 6.07) is 4.76. The highest BCUT2D eigenvalue weighted by atomic mass is 32.2. The van der Waals surface area contributed by atoms with Crippen LogP contribution < -0.4 is 14.2 Å². The number of fused-ring (bicyclic) bond motifs is 3. The average molecular weight is 748 g/mol. The molecule has 284 valence electrons. The van der Waals surface area contributed by atoms with Crippen LogP contribution in [0.2, 0.25) is 0 Å². The molecule has 3 aliphatic carbocycles. The zero-order valence-electron chi connectivity index (χ0n) is 30.5. The molecule has 1 saturated heterocycles. The van der Waals surface area contributed by atoms with Gasteiger partial charge in [0.15, 0.2) is 5.78 Å². The third kappa shape index (κ3) is 7.72. The number of methoxy groups -OCH3 is 1. The number of ketones is 1. The predicted octanol–water partition coefficient (Wildman–Crippen LogP) is 5.14. The lowest BCUT2D eigenvalue weighted by molar-refractivity contribution is -0.152. The van der Waals surface area contributed by atoms with Crippen LogP contribution in [0.5, 0.6) is 11.6 Å². The number of hydrogen-bond donors (Lipinski definition) is 1. The van der Waals surface area contributed by atoms with Crippen LogP contribution in [0.25, 0.3) is 16.8 Å². The number of carbonyl (C=O) groups excluding carboxylic acids is 4. The van der Waals surface area contributed by atoms with Crippen molar-refractivity contribution in [1.82, 2.24) is 14.6 Å². The second-order valence-electron chi connectivity index (χ2n) is 15.7. The smallest absolute Gasteiger partial charge is 0.306 e. The Balaban J connectivity index is 1.23. The molecule has 5 aliphatic rings. The van der Waals surface area contributed by atoms with Crippen molar-refractivity contribution in [3.05, 3.63) is 48.7 Å². The molecular formula is C40H49N3O9S. The summed E-state index contributed by atoms with van der Waals surface area (Å²) in [6.45, 7) is 6.10. The topological polar surface area (TPSA) is 158 Å². The minimum atomic E-state index is -3.84. The van der Waals surface area contributed by atoms with E-state index >= 15 is 0 Å². The number of rotatable bonds is 9. The van der Waals surface area contributed by atoms with Crippen LogP contribution in [-0.4, -0.2) is 79.5 Å². The molecule has 0 unspecified atom stereocenters. The second-order valence-corrected chi connectivity index (χ2v) is 17.7. The maximum absolute atomic E-state index is 14.7. The Hall–Kier alpha value is -4.26. The van der Waals surface area contributed by atoms with Gasteiger partial charge >= 0.3 is 5.97 Å². The molecular weight excluding hydrogens is 699 g/mol. The molecule has 4 fully saturated rings. The third-order valence-electron chi connectivity index (χ3n) is 11.9. The maximum atomic E-state index is 14.7. The van der Waals surface area contributed by atoms with Crippen molar-refractivity contribution in [3.8, 4) is 11.6 Å². The Kier molecular flexibility index (Phi) is 10.4. The Morgan fingerprint density at radius 1 is 1.17 bits per heavy atom. The molecule has 1 aromatic carbocycles. The Morgan fingerprint density at radius 2 is 1.94 bits per heavy atom. The summed E-state index contributed by atoms with van der Waals surface area (Å²) in [6.07, 6.45) is 11.8. The first-order chi connectivity index (χ1) is 25.4. The number of pyridine rings is 1. The number of allylic oxidation sites excluding steroid dienone is 2. The van der Waals surface area contributed by atoms with Gasteiger partial charge in [0, 0.05) is 30.0 Å². The maximum Gasteiger partial charge on any atom is 0.306 e. The van der Waals surface area contributed by atoms with Crippen molar-refractivity contribution in [1.29, 1.82) is 0 Å². The van der Waals surface area contributed by atoms with Crippen molar-refractivity contribution in [2.75, 3.05) is 20.3 Å². The van der Waals surface area contributed by atoms with E-state index < -0.39 is 50.6 Å². The van der Waals surface area contributed by atoms with Gasteiger partial charge < -0.3 is 19.1 Å². The van der Waals surface area contributed by atoms with Crippen LogP contribution in [0.4, 0.5) is 0 Å². The van der Waals surface area contributed by atoms with Gasteiger partial charge in [-0.3, -0.25) is 23.9 Å². The largest absolute Gasteiger partial charge is 0.496 e. The number of carbonyl (C=O) groups is 4. The van der Waals surface area contributed by atoms with E-state index in [1.165, 1.54) is 4.90 Å². The number of Topliss-reactive ketones (excluding diaryl/α,β-unsaturated/α-hetero) is 1. The third-order valence-corrected chi connectivity index (χ3v) is 13.7. The number of nitrogens with zero attached hydrogens (tertiary/aromatic N) is 2. The van der Waals surface area contributed by atoms with Gasteiger partial charge in [-0.15, -0.1) is 6.58 Å². The van der Waals surface area contributed by atoms with Gasteiger partial charge in [-0.25, -0.2) is 13.4 Å². The van der Waals surface area contributed by atoms with Crippen LogP contribution in [0.3, 0.4) is 0 Å². The van der Waals surface area contributed by atoms with Crippen LogP contribution >= 0.6 is 0 Å². The number of cyclic esters (lactones) is 1. The SMILES string of the molecule is C=C[C@@H]1C[C@]1(CC(=O)[C@@H]1C[C@@H]2CN1C(=O)[C@H](C1CCCC1)CC(=O)OC[C@H](C)C/C=C/c1cc3c(nccc3cc1OC)O2)C(=O)NS(=O)(=O)C1CC1. The molecule has 2 aromatic rings. The summed E-state index contributed by atoms with van der Waals surface area (Å²) in [5.74, 6) is -1.88. The van der Waals surface area contributed by atoms with Crippen LogP contribution in [0.1, 0.15) is 83.1 Å². The van der Waals surface area contributed by atoms with Crippen LogP contribution in [-0.2, 0) is 33.9 Å². The summed E-state index contributed by atoms with van der Waals surface area (Å²) < 4.78 is 45.7. The zero-order valence-corrected chi connectivity index (χ0v) is 31.3. The first-order valence-electron chi connectivity index (χ1n) is 18.9. The second kappa shape index (κ2) is 14.9. The molecule has 1 aromatic heterocycles. The van der Waals surface area contributed by atoms with Crippen molar-refractivity contribution in [3.63, 3.8) is 0 Å². The van der Waals surface area contributed by atoms with E-state index in [0.717, 1.165) is 42.0 Å². The molecule has 0 radical (unpaired) electrons. The fourth-order valence-corrected chi connectivity index (χ4v) is 9.87. The normalized spacial score (nSPS) is 30.2. The minimum Gasteiger partial charge on any atom is -0.496 e. The summed E-state index contributed by atoms with van der Waals surface area (Å²) in [4.78, 5) is 62.2. The number of hydrogen-bond acceptors (Lipinski definition) is 10. The highest BCUT2D eigenvalue weighted by Crippen LogP contribution is 2.57. The molecule has 2 amide bonds. The first kappa shape index (κ1) is 37.1. The molecule has 3 heterocycles. The summed E-state index contributed by atoms with van der Waals surface area (Å²) in [5.41, 5.74) is -0.459. The van der Waals surface area contributed by atoms with Crippen molar-refractivity contribution in [2.24, 2.45) is 29.1 Å². The molecule has 4 bridgehead atoms. The molecule has 12 nitrogen and oxygen atoms in total. The van der Waals surface area contributed by atoms with E-state index in [4.69, 9.17) is 14.2 Å². The lowest BCUT2D eigenvalue weighted by Gasteiger charge is -2.31. The Morgan fingerprint density at radius 3 is 2.64 bits per heavy atom. The summed E-state index contributed by atoms with van der Waals surface area (Å²) >= 11 is 0. The molecule has 13 heteroatoms. The van der Waals surface area contributed by atoms with E-state index in [1.807, 2.05) is 37.3 Å². The fraction of sp³-hybridized carbons (Fsp3) is 0.575. The molecule has 53 heavy (non-hydrogen) atoms. The van der Waals surface area contributed by atoms with Crippen LogP contribution in [0, 0.1) is 29.1 Å². The molecule has 3 saturated carbocycles. The number of sulfonamides is 1. The highest BCUT2D eigenvalue weighted by Gasteiger charge is 2.61. The molecule has 2 aliphatic heterocycles. The van der Waals surface area contributed by atoms with E-state index in [2.05, 4.69) is 16.3 Å². The number of benzene rings is 1. The lowest BCUT2D eigenvalue weighted by Crippen LogP contribution is -2.47. The predicted molar refractivity (Wildman–Crippen MR) is 197 cm³/mol. The molecule has 7 rings (SSSR count). The average Bonchev–Trinajstić information content (AvgIpc) is 4.01. The number of amides is 2. The van der Waals surface area contributed by atoms with Gasteiger partial charge in [0.1, 0.15) is 11.9 Å². The molecule has 0 spiro atoms. The molecule has 1 N–H and O–H groups in total. The number of nitrogens with one attached hydrogen (secondary N) is 1. The fourth-order valence-electron chi connectivity index (χ4n) is 8.49. The first-order valence-corrected chi connectivity index (χ1v) is 20.4. The number of esters is 1. The zero-order chi connectivity index (χ0) is 37.5. The van der Waals surface area contributed by atoms with Gasteiger partial charge in [0.25, 0.3) is 0 Å².